The quantitative estimate of drug-likeness (QED) is 0.574. The topological polar surface area (TPSA) is 84.3 Å². The molecule has 0 saturated heterocycles. The van der Waals surface area contributed by atoms with Gasteiger partial charge < -0.3 is 5.32 Å². The lowest BCUT2D eigenvalue weighted by molar-refractivity contribution is 0.102. The number of carbonyl (C=O) groups excluding carboxylic acids is 1. The fourth-order valence-electron chi connectivity index (χ4n) is 3.08. The summed E-state index contributed by atoms with van der Waals surface area (Å²) in [6.45, 7) is 6.95. The summed E-state index contributed by atoms with van der Waals surface area (Å²) < 4.78 is 27.6. The average molecular weight is 475 g/mol. The van der Waals surface area contributed by atoms with Gasteiger partial charge in [-0.2, -0.15) is 5.10 Å². The van der Waals surface area contributed by atoms with Crippen LogP contribution in [0, 0.1) is 0 Å². The minimum Gasteiger partial charge on any atom is -0.307 e. The molecule has 2 aromatic carbocycles. The molecule has 0 saturated carbocycles. The van der Waals surface area contributed by atoms with Gasteiger partial charge in [-0.15, -0.1) is 0 Å². The second-order valence-electron chi connectivity index (χ2n) is 8.70. The van der Waals surface area contributed by atoms with Crippen molar-refractivity contribution in [1.82, 2.24) is 14.1 Å². The summed E-state index contributed by atoms with van der Waals surface area (Å²) in [5.74, 6) is -0.0394. The van der Waals surface area contributed by atoms with Crippen molar-refractivity contribution in [3.63, 3.8) is 0 Å². The molecule has 1 N–H and O–H groups in total. The molecule has 0 aliphatic heterocycles. The third kappa shape index (κ3) is 5.20. The summed E-state index contributed by atoms with van der Waals surface area (Å²) in [5, 5.41) is 7.23. The lowest BCUT2D eigenvalue weighted by Gasteiger charge is -2.19. The van der Waals surface area contributed by atoms with Crippen LogP contribution in [0.1, 0.15) is 42.3 Å². The van der Waals surface area contributed by atoms with Crippen LogP contribution in [0.4, 0.5) is 5.82 Å². The molecule has 0 unspecified atom stereocenters. The molecule has 1 amide bonds. The third-order valence-corrected chi connectivity index (χ3v) is 7.21. The summed E-state index contributed by atoms with van der Waals surface area (Å²) in [6.07, 6.45) is 1.59. The van der Waals surface area contributed by atoms with Crippen LogP contribution in [0.2, 0.25) is 5.02 Å². The van der Waals surface area contributed by atoms with E-state index >= 15 is 0 Å². The number of nitrogens with one attached hydrogen (secondary N) is 1. The Morgan fingerprint density at radius 2 is 1.75 bits per heavy atom. The standard InChI is InChI=1S/C23H27ClN4O3S/c1-23(2,3)17-8-6-16(7-9-17)15-28-21(12-13-25-28)26-22(29)19-14-18(10-11-20(19)24)32(30,31)27(4)5/h6-14H,15H2,1-5H3,(H,26,29). The summed E-state index contributed by atoms with van der Waals surface area (Å²) in [7, 11) is -0.844. The van der Waals surface area contributed by atoms with Gasteiger partial charge in [-0.3, -0.25) is 4.79 Å². The highest BCUT2D eigenvalue weighted by atomic mass is 35.5. The van der Waals surface area contributed by atoms with Gasteiger partial charge in [-0.25, -0.2) is 17.4 Å². The molecule has 9 heteroatoms. The number of anilines is 1. The van der Waals surface area contributed by atoms with Crippen LogP contribution in [0.15, 0.2) is 59.6 Å². The maximum atomic E-state index is 12.9. The van der Waals surface area contributed by atoms with Crippen molar-refractivity contribution in [3.8, 4) is 0 Å². The van der Waals surface area contributed by atoms with Gasteiger partial charge in [0.05, 0.1) is 28.2 Å². The second-order valence-corrected chi connectivity index (χ2v) is 11.3. The van der Waals surface area contributed by atoms with Gasteiger partial charge >= 0.3 is 0 Å². The Hall–Kier alpha value is -2.68. The second kappa shape index (κ2) is 9.05. The smallest absolute Gasteiger partial charge is 0.258 e. The molecule has 1 heterocycles. The molecule has 0 spiro atoms. The number of aromatic nitrogens is 2. The van der Waals surface area contributed by atoms with Crippen molar-refractivity contribution >= 4 is 33.3 Å². The van der Waals surface area contributed by atoms with Crippen LogP contribution in [0.25, 0.3) is 0 Å². The molecule has 3 rings (SSSR count). The average Bonchev–Trinajstić information content (AvgIpc) is 3.14. The van der Waals surface area contributed by atoms with E-state index in [1.807, 2.05) is 12.1 Å². The largest absolute Gasteiger partial charge is 0.307 e. The van der Waals surface area contributed by atoms with E-state index in [2.05, 4.69) is 43.3 Å². The van der Waals surface area contributed by atoms with Gasteiger partial charge in [0.2, 0.25) is 10.0 Å². The summed E-state index contributed by atoms with van der Waals surface area (Å²) in [4.78, 5) is 12.9. The van der Waals surface area contributed by atoms with Gasteiger partial charge in [-0.1, -0.05) is 56.6 Å². The van der Waals surface area contributed by atoms with Crippen LogP contribution < -0.4 is 5.32 Å². The first-order chi connectivity index (χ1) is 14.9. The maximum Gasteiger partial charge on any atom is 0.258 e. The van der Waals surface area contributed by atoms with Gasteiger partial charge in [0.25, 0.3) is 5.91 Å². The van der Waals surface area contributed by atoms with Crippen LogP contribution in [-0.2, 0) is 22.0 Å². The molecule has 3 aromatic rings. The number of rotatable bonds is 6. The van der Waals surface area contributed by atoms with E-state index in [4.69, 9.17) is 11.6 Å². The molecule has 0 bridgehead atoms. The molecule has 0 aliphatic rings. The number of sulfonamides is 1. The number of amides is 1. The van der Waals surface area contributed by atoms with E-state index in [0.29, 0.717) is 12.4 Å². The van der Waals surface area contributed by atoms with Crippen LogP contribution in [0.5, 0.6) is 0 Å². The lowest BCUT2D eigenvalue weighted by Crippen LogP contribution is -2.23. The van der Waals surface area contributed by atoms with Crippen molar-refractivity contribution in [2.45, 2.75) is 37.6 Å². The third-order valence-electron chi connectivity index (χ3n) is 5.07. The Kier molecular flexibility index (Phi) is 6.78. The maximum absolute atomic E-state index is 12.9. The Balaban J connectivity index is 1.82. The monoisotopic (exact) mass is 474 g/mol. The Morgan fingerprint density at radius 3 is 2.34 bits per heavy atom. The molecule has 0 atom stereocenters. The van der Waals surface area contributed by atoms with Gasteiger partial charge in [0, 0.05) is 20.2 Å². The first-order valence-electron chi connectivity index (χ1n) is 10.0. The highest BCUT2D eigenvalue weighted by Gasteiger charge is 2.21. The fourth-order valence-corrected chi connectivity index (χ4v) is 4.21. The lowest BCUT2D eigenvalue weighted by atomic mass is 9.87. The molecule has 1 aromatic heterocycles. The summed E-state index contributed by atoms with van der Waals surface area (Å²) >= 11 is 6.19. The summed E-state index contributed by atoms with van der Waals surface area (Å²) in [5.41, 5.74) is 2.40. The van der Waals surface area contributed by atoms with E-state index < -0.39 is 15.9 Å². The van der Waals surface area contributed by atoms with Crippen molar-refractivity contribution in [2.75, 3.05) is 19.4 Å². The number of benzene rings is 2. The van der Waals surface area contributed by atoms with Crippen LogP contribution in [-0.4, -0.2) is 42.5 Å². The van der Waals surface area contributed by atoms with Crippen molar-refractivity contribution in [3.05, 3.63) is 76.4 Å². The number of carbonyl (C=O) groups is 1. The molecular formula is C23H27ClN4O3S. The zero-order valence-electron chi connectivity index (χ0n) is 18.8. The first-order valence-corrected chi connectivity index (χ1v) is 11.9. The predicted octanol–water partition coefficient (Wildman–Crippen LogP) is 4.38. The van der Waals surface area contributed by atoms with E-state index in [-0.39, 0.29) is 20.9 Å². The Morgan fingerprint density at radius 1 is 1.09 bits per heavy atom. The van der Waals surface area contributed by atoms with Gasteiger partial charge in [0.15, 0.2) is 0 Å². The van der Waals surface area contributed by atoms with Crippen molar-refractivity contribution in [2.24, 2.45) is 0 Å². The zero-order chi connectivity index (χ0) is 23.7. The number of nitrogens with zero attached hydrogens (tertiary/aromatic N) is 3. The SMILES string of the molecule is CN(C)S(=O)(=O)c1ccc(Cl)c(C(=O)Nc2ccnn2Cc2ccc(C(C)(C)C)cc2)c1. The van der Waals surface area contributed by atoms with Crippen molar-refractivity contribution in [1.29, 1.82) is 0 Å². The molecular weight excluding hydrogens is 448 g/mol. The number of hydrogen-bond donors (Lipinski definition) is 1. The highest BCUT2D eigenvalue weighted by Crippen LogP contribution is 2.24. The van der Waals surface area contributed by atoms with Gasteiger partial charge in [0.1, 0.15) is 5.82 Å². The minimum atomic E-state index is -3.70. The first kappa shape index (κ1) is 24.0. The van der Waals surface area contributed by atoms with E-state index in [9.17, 15) is 13.2 Å². The van der Waals surface area contributed by atoms with E-state index in [1.54, 1.807) is 16.9 Å². The fraction of sp³-hybridized carbons (Fsp3) is 0.304. The van der Waals surface area contributed by atoms with Crippen molar-refractivity contribution < 1.29 is 13.2 Å². The van der Waals surface area contributed by atoms with Crippen LogP contribution in [0.3, 0.4) is 0 Å². The Bertz CT molecular complexity index is 1230. The minimum absolute atomic E-state index is 0.00973. The van der Waals surface area contributed by atoms with Gasteiger partial charge in [-0.05, 0) is 34.7 Å². The molecule has 170 valence electrons. The molecule has 0 fully saturated rings. The number of halogens is 1. The molecule has 32 heavy (non-hydrogen) atoms. The van der Waals surface area contributed by atoms with Crippen LogP contribution >= 0.6 is 11.6 Å². The van der Waals surface area contributed by atoms with E-state index in [0.717, 1.165) is 9.87 Å². The number of hydrogen-bond acceptors (Lipinski definition) is 4. The zero-order valence-corrected chi connectivity index (χ0v) is 20.3. The summed E-state index contributed by atoms with van der Waals surface area (Å²) in [6, 6.07) is 14.0. The normalized spacial score (nSPS) is 12.2. The molecule has 0 radical (unpaired) electrons. The Labute approximate surface area is 194 Å². The van der Waals surface area contributed by atoms with E-state index in [1.165, 1.54) is 37.9 Å². The molecule has 7 nitrogen and oxygen atoms in total. The molecule has 0 aliphatic carbocycles. The highest BCUT2D eigenvalue weighted by molar-refractivity contribution is 7.89. The predicted molar refractivity (Wildman–Crippen MR) is 127 cm³/mol.